The molecular weight excluding hydrogens is 200 g/mol. The highest BCUT2D eigenvalue weighted by Crippen LogP contribution is 2.27. The number of hydrogen-bond donors (Lipinski definition) is 1. The van der Waals surface area contributed by atoms with Crippen molar-refractivity contribution in [3.05, 3.63) is 23.4 Å². The van der Waals surface area contributed by atoms with Gasteiger partial charge in [0.05, 0.1) is 0 Å². The number of nitrogens with one attached hydrogen (secondary N) is 1. The van der Waals surface area contributed by atoms with E-state index in [2.05, 4.69) is 37.1 Å². The van der Waals surface area contributed by atoms with E-state index in [4.69, 9.17) is 0 Å². The Bertz CT molecular complexity index is 412. The summed E-state index contributed by atoms with van der Waals surface area (Å²) in [5.74, 6) is 1.94. The lowest BCUT2D eigenvalue weighted by atomic mass is 9.90. The summed E-state index contributed by atoms with van der Waals surface area (Å²) >= 11 is 0. The van der Waals surface area contributed by atoms with E-state index < -0.39 is 0 Å². The Morgan fingerprint density at radius 1 is 1.31 bits per heavy atom. The van der Waals surface area contributed by atoms with Crippen molar-refractivity contribution in [1.82, 2.24) is 4.98 Å². The molecule has 1 atom stereocenters. The van der Waals surface area contributed by atoms with Crippen LogP contribution in [0.15, 0.2) is 12.3 Å². The molecule has 0 bridgehead atoms. The zero-order chi connectivity index (χ0) is 11.7. The third kappa shape index (κ3) is 2.08. The lowest BCUT2D eigenvalue weighted by Gasteiger charge is -2.20. The lowest BCUT2D eigenvalue weighted by Crippen LogP contribution is -2.20. The number of amides is 1. The molecule has 0 radical (unpaired) electrons. The van der Waals surface area contributed by atoms with Crippen molar-refractivity contribution in [2.75, 3.05) is 5.32 Å². The van der Waals surface area contributed by atoms with Gasteiger partial charge in [-0.3, -0.25) is 4.79 Å². The van der Waals surface area contributed by atoms with Crippen LogP contribution in [0.4, 0.5) is 5.82 Å². The Kier molecular flexibility index (Phi) is 2.95. The van der Waals surface area contributed by atoms with Crippen LogP contribution in [0.2, 0.25) is 0 Å². The van der Waals surface area contributed by atoms with Crippen molar-refractivity contribution in [2.24, 2.45) is 5.92 Å². The molecule has 1 unspecified atom stereocenters. The zero-order valence-corrected chi connectivity index (χ0v) is 10.1. The van der Waals surface area contributed by atoms with Crippen LogP contribution in [0.25, 0.3) is 0 Å². The van der Waals surface area contributed by atoms with Gasteiger partial charge in [0.15, 0.2) is 0 Å². The quantitative estimate of drug-likeness (QED) is 0.829. The summed E-state index contributed by atoms with van der Waals surface area (Å²) in [6.07, 6.45) is 3.27. The van der Waals surface area contributed by atoms with E-state index in [0.717, 1.165) is 12.2 Å². The van der Waals surface area contributed by atoms with Crippen LogP contribution in [0.1, 0.15) is 44.2 Å². The van der Waals surface area contributed by atoms with Gasteiger partial charge in [-0.15, -0.1) is 0 Å². The van der Waals surface area contributed by atoms with E-state index >= 15 is 0 Å². The molecule has 0 fully saturated rings. The summed E-state index contributed by atoms with van der Waals surface area (Å²) in [4.78, 5) is 15.5. The zero-order valence-electron chi connectivity index (χ0n) is 10.1. The lowest BCUT2D eigenvalue weighted by molar-refractivity contribution is -0.116. The van der Waals surface area contributed by atoms with Gasteiger partial charge in [0.2, 0.25) is 5.91 Å². The average molecular weight is 218 g/mol. The second kappa shape index (κ2) is 4.24. The van der Waals surface area contributed by atoms with Gasteiger partial charge < -0.3 is 5.32 Å². The molecule has 0 saturated heterocycles. The van der Waals surface area contributed by atoms with Gasteiger partial charge in [0.1, 0.15) is 5.82 Å². The van der Waals surface area contributed by atoms with Crippen molar-refractivity contribution in [2.45, 2.75) is 39.5 Å². The molecule has 0 aromatic carbocycles. The van der Waals surface area contributed by atoms with Gasteiger partial charge in [-0.1, -0.05) is 26.8 Å². The molecule has 2 rings (SSSR count). The third-order valence-corrected chi connectivity index (χ3v) is 3.39. The topological polar surface area (TPSA) is 42.0 Å². The molecule has 2 heterocycles. The number of carbonyl (C=O) groups excluding carboxylic acids is 1. The molecule has 3 heteroatoms. The number of aryl methyl sites for hydroxylation is 1. The van der Waals surface area contributed by atoms with Crippen LogP contribution >= 0.6 is 0 Å². The summed E-state index contributed by atoms with van der Waals surface area (Å²) in [6.45, 7) is 6.65. The van der Waals surface area contributed by atoms with Gasteiger partial charge in [-0.25, -0.2) is 4.98 Å². The Balaban J connectivity index is 2.29. The van der Waals surface area contributed by atoms with Crippen molar-refractivity contribution in [1.29, 1.82) is 0 Å². The highest BCUT2D eigenvalue weighted by molar-refractivity contribution is 5.92. The van der Waals surface area contributed by atoms with E-state index in [1.54, 1.807) is 0 Å². The summed E-state index contributed by atoms with van der Waals surface area (Å²) < 4.78 is 0. The predicted octanol–water partition coefficient (Wildman–Crippen LogP) is 2.73. The van der Waals surface area contributed by atoms with Crippen molar-refractivity contribution >= 4 is 11.7 Å². The fourth-order valence-electron chi connectivity index (χ4n) is 1.91. The maximum atomic E-state index is 11.2. The Morgan fingerprint density at radius 2 is 2.06 bits per heavy atom. The van der Waals surface area contributed by atoms with Gasteiger partial charge >= 0.3 is 0 Å². The highest BCUT2D eigenvalue weighted by atomic mass is 16.1. The Morgan fingerprint density at radius 3 is 2.75 bits per heavy atom. The summed E-state index contributed by atoms with van der Waals surface area (Å²) in [7, 11) is 0. The monoisotopic (exact) mass is 218 g/mol. The number of fused-ring (bicyclic) bond motifs is 1. The first kappa shape index (κ1) is 11.1. The van der Waals surface area contributed by atoms with Crippen molar-refractivity contribution in [3.63, 3.8) is 0 Å². The first-order valence-electron chi connectivity index (χ1n) is 5.86. The summed E-state index contributed by atoms with van der Waals surface area (Å²) in [5.41, 5.74) is 2.44. The standard InChI is InChI=1S/C13H18N2O/c1-8(2)9(3)11-6-10-4-5-12(16)15-13(10)14-7-11/h6-9H,4-5H2,1-3H3,(H,14,15,16). The Labute approximate surface area is 96.3 Å². The molecule has 16 heavy (non-hydrogen) atoms. The molecule has 1 N–H and O–H groups in total. The SMILES string of the molecule is CC(C)C(C)c1cnc2c(c1)CCC(=O)N2. The number of pyridine rings is 1. The molecular formula is C13H18N2O. The average Bonchev–Trinajstić information content (AvgIpc) is 2.27. The van der Waals surface area contributed by atoms with Crippen LogP contribution < -0.4 is 5.32 Å². The minimum Gasteiger partial charge on any atom is -0.310 e. The number of nitrogens with zero attached hydrogens (tertiary/aromatic N) is 1. The molecule has 1 aromatic heterocycles. The maximum absolute atomic E-state index is 11.2. The van der Waals surface area contributed by atoms with Crippen LogP contribution in [0.5, 0.6) is 0 Å². The van der Waals surface area contributed by atoms with Gasteiger partial charge in [0, 0.05) is 12.6 Å². The summed E-state index contributed by atoms with van der Waals surface area (Å²) in [6, 6.07) is 2.19. The molecule has 1 aliphatic heterocycles. The molecule has 0 spiro atoms. The molecule has 0 saturated carbocycles. The van der Waals surface area contributed by atoms with Crippen LogP contribution in [0, 0.1) is 5.92 Å². The number of carbonyl (C=O) groups is 1. The highest BCUT2D eigenvalue weighted by Gasteiger charge is 2.18. The number of hydrogen-bond acceptors (Lipinski definition) is 2. The fourth-order valence-corrected chi connectivity index (χ4v) is 1.91. The van der Waals surface area contributed by atoms with E-state index in [1.807, 2.05) is 6.20 Å². The molecule has 0 aliphatic carbocycles. The van der Waals surface area contributed by atoms with E-state index in [0.29, 0.717) is 18.3 Å². The third-order valence-electron chi connectivity index (χ3n) is 3.39. The van der Waals surface area contributed by atoms with Gasteiger partial charge in [-0.2, -0.15) is 0 Å². The van der Waals surface area contributed by atoms with Crippen LogP contribution in [-0.2, 0) is 11.2 Å². The molecule has 86 valence electrons. The van der Waals surface area contributed by atoms with Crippen LogP contribution in [-0.4, -0.2) is 10.9 Å². The van der Waals surface area contributed by atoms with Crippen molar-refractivity contribution in [3.8, 4) is 0 Å². The molecule has 1 aromatic rings. The number of aromatic nitrogens is 1. The fraction of sp³-hybridized carbons (Fsp3) is 0.538. The first-order valence-corrected chi connectivity index (χ1v) is 5.86. The van der Waals surface area contributed by atoms with E-state index in [-0.39, 0.29) is 5.91 Å². The number of anilines is 1. The Hall–Kier alpha value is -1.38. The largest absolute Gasteiger partial charge is 0.310 e. The van der Waals surface area contributed by atoms with Crippen molar-refractivity contribution < 1.29 is 4.79 Å². The second-order valence-electron chi connectivity index (χ2n) is 4.86. The van der Waals surface area contributed by atoms with E-state index in [9.17, 15) is 4.79 Å². The molecule has 1 aliphatic rings. The molecule has 3 nitrogen and oxygen atoms in total. The maximum Gasteiger partial charge on any atom is 0.225 e. The second-order valence-corrected chi connectivity index (χ2v) is 4.86. The summed E-state index contributed by atoms with van der Waals surface area (Å²) in [5, 5.41) is 2.81. The minimum atomic E-state index is 0.0738. The van der Waals surface area contributed by atoms with E-state index in [1.165, 1.54) is 11.1 Å². The van der Waals surface area contributed by atoms with Gasteiger partial charge in [0.25, 0.3) is 0 Å². The van der Waals surface area contributed by atoms with Gasteiger partial charge in [-0.05, 0) is 29.4 Å². The predicted molar refractivity (Wildman–Crippen MR) is 64.4 cm³/mol. The number of rotatable bonds is 2. The smallest absolute Gasteiger partial charge is 0.225 e. The molecule has 1 amide bonds. The first-order chi connectivity index (χ1) is 7.58. The van der Waals surface area contributed by atoms with Crippen LogP contribution in [0.3, 0.4) is 0 Å². The minimum absolute atomic E-state index is 0.0738. The normalized spacial score (nSPS) is 16.9.